The number of rotatable bonds is 4. The first-order chi connectivity index (χ1) is 13.1. The topological polar surface area (TPSA) is 68.0 Å². The summed E-state index contributed by atoms with van der Waals surface area (Å²) < 4.78 is 19.0. The fraction of sp³-hybridized carbons (Fsp3) is 0.0952. The zero-order chi connectivity index (χ0) is 18.8. The molecule has 0 radical (unpaired) electrons. The van der Waals surface area contributed by atoms with E-state index in [0.29, 0.717) is 22.7 Å². The Morgan fingerprint density at radius 2 is 1.89 bits per heavy atom. The smallest absolute Gasteiger partial charge is 0.230 e. The van der Waals surface area contributed by atoms with Crippen molar-refractivity contribution in [3.63, 3.8) is 0 Å². The zero-order valence-corrected chi connectivity index (χ0v) is 14.6. The number of hydrogen-bond donors (Lipinski definition) is 1. The summed E-state index contributed by atoms with van der Waals surface area (Å²) in [6.07, 6.45) is 0.0215. The summed E-state index contributed by atoms with van der Waals surface area (Å²) in [5.41, 5.74) is 3.07. The molecule has 2 heterocycles. The fourth-order valence-electron chi connectivity index (χ4n) is 2.95. The maximum atomic E-state index is 13.8. The molecule has 27 heavy (non-hydrogen) atoms. The lowest BCUT2D eigenvalue weighted by Crippen LogP contribution is -2.15. The van der Waals surface area contributed by atoms with Crippen molar-refractivity contribution in [2.24, 2.45) is 0 Å². The fourth-order valence-corrected chi connectivity index (χ4v) is 2.95. The average molecular weight is 361 g/mol. The zero-order valence-electron chi connectivity index (χ0n) is 14.6. The summed E-state index contributed by atoms with van der Waals surface area (Å²) >= 11 is 0. The number of fused-ring (bicyclic) bond motifs is 1. The first-order valence-corrected chi connectivity index (χ1v) is 8.47. The summed E-state index contributed by atoms with van der Waals surface area (Å²) in [6, 6.07) is 17.3. The van der Waals surface area contributed by atoms with Crippen LogP contribution in [0.1, 0.15) is 11.4 Å². The van der Waals surface area contributed by atoms with Gasteiger partial charge < -0.3 is 9.84 Å². The molecule has 0 spiro atoms. The van der Waals surface area contributed by atoms with Crippen molar-refractivity contribution in [1.82, 2.24) is 10.1 Å². The van der Waals surface area contributed by atoms with E-state index < -0.39 is 5.82 Å². The number of nitrogens with one attached hydrogen (secondary N) is 1. The van der Waals surface area contributed by atoms with Gasteiger partial charge >= 0.3 is 0 Å². The molecule has 5 nitrogen and oxygen atoms in total. The Morgan fingerprint density at radius 3 is 2.74 bits per heavy atom. The Bertz CT molecular complexity index is 1140. The van der Waals surface area contributed by atoms with Gasteiger partial charge in [0.1, 0.15) is 5.82 Å². The molecule has 0 unspecified atom stereocenters. The van der Waals surface area contributed by atoms with Crippen molar-refractivity contribution < 1.29 is 13.7 Å². The van der Waals surface area contributed by atoms with Crippen LogP contribution in [-0.2, 0) is 11.2 Å². The van der Waals surface area contributed by atoms with Crippen LogP contribution in [-0.4, -0.2) is 16.0 Å². The van der Waals surface area contributed by atoms with Gasteiger partial charge in [-0.05, 0) is 31.2 Å². The van der Waals surface area contributed by atoms with E-state index >= 15 is 0 Å². The molecule has 0 fully saturated rings. The van der Waals surface area contributed by atoms with Gasteiger partial charge in [-0.2, -0.15) is 0 Å². The number of carbonyl (C=O) groups excluding carboxylic acids is 1. The van der Waals surface area contributed by atoms with Gasteiger partial charge in [-0.15, -0.1) is 0 Å². The number of para-hydroxylation sites is 1. The van der Waals surface area contributed by atoms with Gasteiger partial charge in [0.15, 0.2) is 5.76 Å². The molecule has 0 aliphatic rings. The normalized spacial score (nSPS) is 10.9. The SMILES string of the molecule is Cc1cc(NC(=O)Cc2cc(-c3ccccc3F)on2)c2ccccc2n1. The number of anilines is 1. The maximum Gasteiger partial charge on any atom is 0.230 e. The third kappa shape index (κ3) is 3.55. The predicted molar refractivity (Wildman–Crippen MR) is 101 cm³/mol. The standard InChI is InChI=1S/C21H16FN3O2/c1-13-10-19(16-7-3-5-9-18(16)23-13)24-21(26)12-14-11-20(27-25-14)15-6-2-4-8-17(15)22/h2-11H,12H2,1H3,(H,23,24,26). The van der Waals surface area contributed by atoms with Crippen molar-refractivity contribution in [2.75, 3.05) is 5.32 Å². The minimum absolute atomic E-state index is 0.0215. The molecule has 0 saturated carbocycles. The molecule has 0 atom stereocenters. The van der Waals surface area contributed by atoms with E-state index in [1.807, 2.05) is 37.3 Å². The van der Waals surface area contributed by atoms with Gasteiger partial charge in [0, 0.05) is 17.1 Å². The molecule has 0 aliphatic carbocycles. The number of benzene rings is 2. The van der Waals surface area contributed by atoms with Gasteiger partial charge in [0.2, 0.25) is 5.91 Å². The monoisotopic (exact) mass is 361 g/mol. The second kappa shape index (κ2) is 6.99. The Balaban J connectivity index is 1.54. The summed E-state index contributed by atoms with van der Waals surface area (Å²) in [6.45, 7) is 1.88. The molecule has 4 rings (SSSR count). The van der Waals surface area contributed by atoms with Crippen LogP contribution in [0.5, 0.6) is 0 Å². The highest BCUT2D eigenvalue weighted by molar-refractivity contribution is 6.01. The lowest BCUT2D eigenvalue weighted by molar-refractivity contribution is -0.115. The van der Waals surface area contributed by atoms with E-state index in [4.69, 9.17) is 4.52 Å². The minimum Gasteiger partial charge on any atom is -0.356 e. The summed E-state index contributed by atoms with van der Waals surface area (Å²) in [5.74, 6) is -0.344. The highest BCUT2D eigenvalue weighted by atomic mass is 19.1. The first-order valence-electron chi connectivity index (χ1n) is 8.47. The molecular weight excluding hydrogens is 345 g/mol. The van der Waals surface area contributed by atoms with Crippen LogP contribution in [0, 0.1) is 12.7 Å². The van der Waals surface area contributed by atoms with Gasteiger partial charge in [-0.3, -0.25) is 9.78 Å². The number of hydrogen-bond acceptors (Lipinski definition) is 4. The average Bonchev–Trinajstić information content (AvgIpc) is 3.10. The van der Waals surface area contributed by atoms with E-state index in [9.17, 15) is 9.18 Å². The van der Waals surface area contributed by atoms with Gasteiger partial charge in [0.25, 0.3) is 0 Å². The molecule has 2 aromatic carbocycles. The second-order valence-electron chi connectivity index (χ2n) is 6.22. The molecule has 4 aromatic rings. The van der Waals surface area contributed by atoms with E-state index in [0.717, 1.165) is 16.6 Å². The van der Waals surface area contributed by atoms with Gasteiger partial charge in [0.05, 0.1) is 28.9 Å². The number of aromatic nitrogens is 2. The van der Waals surface area contributed by atoms with Crippen molar-refractivity contribution >= 4 is 22.5 Å². The number of pyridine rings is 1. The van der Waals surface area contributed by atoms with Gasteiger partial charge in [-0.1, -0.05) is 35.5 Å². The van der Waals surface area contributed by atoms with E-state index in [-0.39, 0.29) is 12.3 Å². The van der Waals surface area contributed by atoms with Crippen LogP contribution in [0.3, 0.4) is 0 Å². The Morgan fingerprint density at radius 1 is 1.11 bits per heavy atom. The van der Waals surface area contributed by atoms with Crippen LogP contribution in [0.25, 0.3) is 22.2 Å². The quantitative estimate of drug-likeness (QED) is 0.580. The van der Waals surface area contributed by atoms with Crippen molar-refractivity contribution in [1.29, 1.82) is 0 Å². The Kier molecular flexibility index (Phi) is 4.38. The van der Waals surface area contributed by atoms with Crippen LogP contribution >= 0.6 is 0 Å². The van der Waals surface area contributed by atoms with Gasteiger partial charge in [-0.25, -0.2) is 4.39 Å². The minimum atomic E-state index is -0.400. The molecule has 0 saturated heterocycles. The van der Waals surface area contributed by atoms with E-state index in [1.165, 1.54) is 6.07 Å². The summed E-state index contributed by atoms with van der Waals surface area (Å²) in [5, 5.41) is 7.64. The molecule has 0 bridgehead atoms. The summed E-state index contributed by atoms with van der Waals surface area (Å²) in [7, 11) is 0. The summed E-state index contributed by atoms with van der Waals surface area (Å²) in [4.78, 5) is 16.9. The number of aryl methyl sites for hydroxylation is 1. The number of halogens is 1. The number of carbonyl (C=O) groups is 1. The molecular formula is C21H16FN3O2. The van der Waals surface area contributed by atoms with E-state index in [1.54, 1.807) is 24.3 Å². The molecule has 1 N–H and O–H groups in total. The van der Waals surface area contributed by atoms with Crippen LogP contribution in [0.4, 0.5) is 10.1 Å². The molecule has 6 heteroatoms. The molecule has 1 amide bonds. The van der Waals surface area contributed by atoms with Crippen molar-refractivity contribution in [3.05, 3.63) is 77.9 Å². The second-order valence-corrected chi connectivity index (χ2v) is 6.22. The van der Waals surface area contributed by atoms with E-state index in [2.05, 4.69) is 15.5 Å². The number of amides is 1. The first kappa shape index (κ1) is 16.9. The third-order valence-electron chi connectivity index (χ3n) is 4.16. The maximum absolute atomic E-state index is 13.8. The highest BCUT2D eigenvalue weighted by Gasteiger charge is 2.14. The molecule has 134 valence electrons. The third-order valence-corrected chi connectivity index (χ3v) is 4.16. The Hall–Kier alpha value is -3.54. The molecule has 2 aromatic heterocycles. The van der Waals surface area contributed by atoms with Crippen molar-refractivity contribution in [3.8, 4) is 11.3 Å². The highest BCUT2D eigenvalue weighted by Crippen LogP contribution is 2.25. The Labute approximate surface area is 154 Å². The predicted octanol–water partition coefficient (Wildman–Crippen LogP) is 4.52. The van der Waals surface area contributed by atoms with Crippen LogP contribution in [0.15, 0.2) is 65.2 Å². The molecule has 0 aliphatic heterocycles. The van der Waals surface area contributed by atoms with Crippen LogP contribution < -0.4 is 5.32 Å². The number of nitrogens with zero attached hydrogens (tertiary/aromatic N) is 2. The van der Waals surface area contributed by atoms with Crippen molar-refractivity contribution in [2.45, 2.75) is 13.3 Å². The largest absolute Gasteiger partial charge is 0.356 e. The lowest BCUT2D eigenvalue weighted by Gasteiger charge is -2.09. The van der Waals surface area contributed by atoms with Crippen LogP contribution in [0.2, 0.25) is 0 Å². The lowest BCUT2D eigenvalue weighted by atomic mass is 10.1.